The topological polar surface area (TPSA) is 12.4 Å². The first-order valence-corrected chi connectivity index (χ1v) is 4.21. The van der Waals surface area contributed by atoms with Crippen LogP contribution in [0.3, 0.4) is 0 Å². The number of nitrogens with zero attached hydrogens (tertiary/aromatic N) is 1. The van der Waals surface area contributed by atoms with Crippen LogP contribution in [-0.4, -0.2) is 6.21 Å². The van der Waals surface area contributed by atoms with Gasteiger partial charge >= 0.3 is 0 Å². The van der Waals surface area contributed by atoms with Crippen LogP contribution in [0, 0.1) is 0 Å². The van der Waals surface area contributed by atoms with Crippen molar-refractivity contribution < 1.29 is 0 Å². The Labute approximate surface area is 85.9 Å². The van der Waals surface area contributed by atoms with Gasteiger partial charge in [-0.15, -0.1) is 0 Å². The lowest BCUT2D eigenvalue weighted by molar-refractivity contribution is 1.57. The Morgan fingerprint density at radius 3 is 2.29 bits per heavy atom. The van der Waals surface area contributed by atoms with Gasteiger partial charge in [0.15, 0.2) is 0 Å². The quantitative estimate of drug-likeness (QED) is 0.443. The van der Waals surface area contributed by atoms with Gasteiger partial charge in [-0.05, 0) is 11.1 Å². The molecule has 0 aromatic carbocycles. The van der Waals surface area contributed by atoms with Gasteiger partial charge in [0.05, 0.1) is 0 Å². The average Bonchev–Trinajstić information content (AvgIpc) is 2.22. The van der Waals surface area contributed by atoms with Crippen LogP contribution < -0.4 is 0 Å². The predicted molar refractivity (Wildman–Crippen MR) is 65.4 cm³/mol. The van der Waals surface area contributed by atoms with Gasteiger partial charge in [0.1, 0.15) is 0 Å². The second kappa shape index (κ2) is 7.74. The maximum absolute atomic E-state index is 3.92. The van der Waals surface area contributed by atoms with Gasteiger partial charge in [0.2, 0.25) is 0 Å². The maximum Gasteiger partial charge on any atom is 0.0345 e. The summed E-state index contributed by atoms with van der Waals surface area (Å²) in [6.07, 6.45) is 12.1. The summed E-state index contributed by atoms with van der Waals surface area (Å²) in [4.78, 5) is 3.92. The van der Waals surface area contributed by atoms with Crippen molar-refractivity contribution in [1.82, 2.24) is 0 Å². The van der Waals surface area contributed by atoms with Gasteiger partial charge in [-0.2, -0.15) is 0 Å². The molecular weight excluding hydrogens is 170 g/mol. The van der Waals surface area contributed by atoms with Crippen LogP contribution in [0.4, 0.5) is 0 Å². The van der Waals surface area contributed by atoms with Crippen molar-refractivity contribution in [3.8, 4) is 0 Å². The highest BCUT2D eigenvalue weighted by molar-refractivity contribution is 5.86. The molecule has 0 aliphatic rings. The van der Waals surface area contributed by atoms with Crippen molar-refractivity contribution in [2.45, 2.75) is 0 Å². The Balaban J connectivity index is 4.78. The molecule has 0 atom stereocenters. The molecule has 0 aromatic rings. The molecule has 0 bridgehead atoms. The third-order valence-corrected chi connectivity index (χ3v) is 1.46. The highest BCUT2D eigenvalue weighted by Gasteiger charge is 1.92. The SMILES string of the molecule is C=C\C=C/C=C(/C=N\C=C)C(=C)C=C. The number of rotatable bonds is 6. The number of aliphatic imine (C=N–C) groups is 1. The van der Waals surface area contributed by atoms with Gasteiger partial charge < -0.3 is 0 Å². The fourth-order valence-corrected chi connectivity index (χ4v) is 0.722. The van der Waals surface area contributed by atoms with E-state index in [1.165, 1.54) is 6.20 Å². The van der Waals surface area contributed by atoms with E-state index in [9.17, 15) is 0 Å². The van der Waals surface area contributed by atoms with E-state index in [1.807, 2.05) is 18.2 Å². The zero-order chi connectivity index (χ0) is 10.8. The van der Waals surface area contributed by atoms with Crippen molar-refractivity contribution in [3.05, 3.63) is 74.0 Å². The molecule has 0 heterocycles. The maximum atomic E-state index is 3.92. The summed E-state index contributed by atoms with van der Waals surface area (Å²) in [5.74, 6) is 0. The lowest BCUT2D eigenvalue weighted by Crippen LogP contribution is -1.85. The Morgan fingerprint density at radius 1 is 1.07 bits per heavy atom. The lowest BCUT2D eigenvalue weighted by atomic mass is 10.1. The molecule has 14 heavy (non-hydrogen) atoms. The van der Waals surface area contributed by atoms with E-state index in [2.05, 4.69) is 31.3 Å². The third-order valence-electron chi connectivity index (χ3n) is 1.46. The molecule has 0 rings (SSSR count). The lowest BCUT2D eigenvalue weighted by Gasteiger charge is -1.97. The standard InChI is InChI=1S/C13H15N/c1-5-8-9-10-13(11-14-7-3)12(4)6-2/h5-11H,1-4H2/b9-8-,13-10-,14-11-. The van der Waals surface area contributed by atoms with E-state index in [-0.39, 0.29) is 0 Å². The van der Waals surface area contributed by atoms with E-state index in [4.69, 9.17) is 0 Å². The van der Waals surface area contributed by atoms with E-state index < -0.39 is 0 Å². The van der Waals surface area contributed by atoms with E-state index in [1.54, 1.807) is 18.4 Å². The van der Waals surface area contributed by atoms with E-state index in [0.29, 0.717) is 0 Å². The molecule has 1 heteroatoms. The fraction of sp³-hybridized carbons (Fsp3) is 0. The van der Waals surface area contributed by atoms with E-state index in [0.717, 1.165) is 11.1 Å². The monoisotopic (exact) mass is 185 g/mol. The van der Waals surface area contributed by atoms with Crippen LogP contribution >= 0.6 is 0 Å². The molecule has 1 nitrogen and oxygen atoms in total. The van der Waals surface area contributed by atoms with E-state index >= 15 is 0 Å². The van der Waals surface area contributed by atoms with Crippen molar-refractivity contribution in [2.24, 2.45) is 4.99 Å². The highest BCUT2D eigenvalue weighted by atomic mass is 14.7. The smallest absolute Gasteiger partial charge is 0.0345 e. The summed E-state index contributed by atoms with van der Waals surface area (Å²) in [7, 11) is 0. The van der Waals surface area contributed by atoms with Crippen LogP contribution in [0.25, 0.3) is 0 Å². The first-order chi connectivity index (χ1) is 6.76. The average molecular weight is 185 g/mol. The molecule has 0 N–H and O–H groups in total. The molecule has 0 aromatic heterocycles. The summed E-state index contributed by atoms with van der Waals surface area (Å²) in [6, 6.07) is 0. The summed E-state index contributed by atoms with van der Waals surface area (Å²) in [5.41, 5.74) is 1.72. The molecule has 0 radical (unpaired) electrons. The Kier molecular flexibility index (Phi) is 6.70. The molecule has 0 aliphatic carbocycles. The van der Waals surface area contributed by atoms with Crippen molar-refractivity contribution in [3.63, 3.8) is 0 Å². The molecule has 0 amide bonds. The molecule has 0 aliphatic heterocycles. The Morgan fingerprint density at radius 2 is 1.79 bits per heavy atom. The summed E-state index contributed by atoms with van der Waals surface area (Å²) in [6.45, 7) is 14.6. The first kappa shape index (κ1) is 12.1. The minimum absolute atomic E-state index is 0.823. The predicted octanol–water partition coefficient (Wildman–Crippen LogP) is 3.61. The molecule has 0 spiro atoms. The molecule has 0 saturated heterocycles. The molecule has 0 fully saturated rings. The number of hydrogen-bond acceptors (Lipinski definition) is 1. The first-order valence-electron chi connectivity index (χ1n) is 4.21. The second-order valence-electron chi connectivity index (χ2n) is 2.43. The normalized spacial score (nSPS) is 11.9. The molecule has 0 saturated carbocycles. The van der Waals surface area contributed by atoms with Gasteiger partial charge in [-0.3, -0.25) is 4.99 Å². The number of allylic oxidation sites excluding steroid dienone is 7. The molecular formula is C13H15N. The van der Waals surface area contributed by atoms with Crippen molar-refractivity contribution in [2.75, 3.05) is 0 Å². The largest absolute Gasteiger partial charge is 0.265 e. The summed E-state index contributed by atoms with van der Waals surface area (Å²) >= 11 is 0. The van der Waals surface area contributed by atoms with Gasteiger partial charge in [0.25, 0.3) is 0 Å². The third kappa shape index (κ3) is 4.88. The van der Waals surface area contributed by atoms with Crippen molar-refractivity contribution in [1.29, 1.82) is 0 Å². The zero-order valence-electron chi connectivity index (χ0n) is 8.32. The van der Waals surface area contributed by atoms with Crippen LogP contribution in [0.15, 0.2) is 79.0 Å². The van der Waals surface area contributed by atoms with Gasteiger partial charge in [0, 0.05) is 12.4 Å². The fourth-order valence-electron chi connectivity index (χ4n) is 0.722. The minimum Gasteiger partial charge on any atom is -0.265 e. The van der Waals surface area contributed by atoms with Crippen molar-refractivity contribution >= 4 is 6.21 Å². The summed E-state index contributed by atoms with van der Waals surface area (Å²) in [5, 5.41) is 0. The highest BCUT2D eigenvalue weighted by Crippen LogP contribution is 2.06. The van der Waals surface area contributed by atoms with Crippen LogP contribution in [-0.2, 0) is 0 Å². The minimum atomic E-state index is 0.823. The summed E-state index contributed by atoms with van der Waals surface area (Å²) < 4.78 is 0. The molecule has 0 unspecified atom stereocenters. The zero-order valence-corrected chi connectivity index (χ0v) is 8.32. The van der Waals surface area contributed by atoms with Crippen LogP contribution in [0.2, 0.25) is 0 Å². The van der Waals surface area contributed by atoms with Crippen LogP contribution in [0.5, 0.6) is 0 Å². The van der Waals surface area contributed by atoms with Gasteiger partial charge in [-0.25, -0.2) is 0 Å². The van der Waals surface area contributed by atoms with Crippen LogP contribution in [0.1, 0.15) is 0 Å². The Bertz CT molecular complexity index is 314. The molecule has 72 valence electrons. The second-order valence-corrected chi connectivity index (χ2v) is 2.43. The Hall–Kier alpha value is -1.89. The van der Waals surface area contributed by atoms with Gasteiger partial charge in [-0.1, -0.05) is 56.7 Å². The number of hydrogen-bond donors (Lipinski definition) is 0.